The van der Waals surface area contributed by atoms with Gasteiger partial charge in [-0.15, -0.1) is 0 Å². The normalized spacial score (nSPS) is 13.9. The van der Waals surface area contributed by atoms with Crippen molar-refractivity contribution in [3.8, 4) is 0 Å². The molecule has 0 spiro atoms. The van der Waals surface area contributed by atoms with E-state index in [2.05, 4.69) is 25.2 Å². The predicted octanol–water partition coefficient (Wildman–Crippen LogP) is 3.55. The molecule has 1 aliphatic rings. The summed E-state index contributed by atoms with van der Waals surface area (Å²) in [6.07, 6.45) is 1.49. The Morgan fingerprint density at radius 2 is 1.97 bits per heavy atom. The van der Waals surface area contributed by atoms with Gasteiger partial charge in [-0.25, -0.2) is 14.8 Å². The molecule has 162 valence electrons. The molecule has 11 heteroatoms. The third-order valence-electron chi connectivity index (χ3n) is 4.45. The van der Waals surface area contributed by atoms with Crippen molar-refractivity contribution in [3.05, 3.63) is 36.2 Å². The van der Waals surface area contributed by atoms with Crippen molar-refractivity contribution in [2.24, 2.45) is 0 Å². The molecule has 1 amide bonds. The van der Waals surface area contributed by atoms with Crippen LogP contribution < -0.4 is 10.2 Å². The van der Waals surface area contributed by atoms with Crippen LogP contribution in [0.25, 0.3) is 10.3 Å². The highest BCUT2D eigenvalue weighted by Crippen LogP contribution is 2.34. The fourth-order valence-corrected chi connectivity index (χ4v) is 5.80. The van der Waals surface area contributed by atoms with E-state index in [0.717, 1.165) is 39.5 Å². The molecule has 4 rings (SSSR count). The highest BCUT2D eigenvalue weighted by Gasteiger charge is 2.18. The first-order chi connectivity index (χ1) is 15.1. The molecule has 1 aromatic carbocycles. The average molecular weight is 476 g/mol. The molecule has 0 bridgehead atoms. The first-order valence-corrected chi connectivity index (χ1v) is 12.7. The second kappa shape index (κ2) is 10.3. The lowest BCUT2D eigenvalue weighted by atomic mass is 10.2. The van der Waals surface area contributed by atoms with Crippen LogP contribution in [0.5, 0.6) is 0 Å². The van der Waals surface area contributed by atoms with E-state index < -0.39 is 0 Å². The van der Waals surface area contributed by atoms with Gasteiger partial charge in [-0.2, -0.15) is 16.7 Å². The smallest absolute Gasteiger partial charge is 0.338 e. The summed E-state index contributed by atoms with van der Waals surface area (Å²) in [7, 11) is 0. The number of esters is 1. The highest BCUT2D eigenvalue weighted by molar-refractivity contribution is 8.00. The topological polar surface area (TPSA) is 97.3 Å². The number of ether oxygens (including phenoxy) is 1. The Bertz CT molecular complexity index is 1070. The van der Waals surface area contributed by atoms with Gasteiger partial charge in [0.1, 0.15) is 16.1 Å². The molecule has 0 aliphatic carbocycles. The zero-order valence-electron chi connectivity index (χ0n) is 16.9. The SMILES string of the molecule is CCOC(=O)c1ccc(NC(=O)CSc2ncnc3nc(N4CCSCC4)sc23)cc1. The minimum atomic E-state index is -0.379. The third-order valence-corrected chi connectivity index (χ3v) is 7.62. The van der Waals surface area contributed by atoms with E-state index in [1.54, 1.807) is 42.5 Å². The van der Waals surface area contributed by atoms with Gasteiger partial charge < -0.3 is 15.0 Å². The van der Waals surface area contributed by atoms with Gasteiger partial charge in [0, 0.05) is 30.3 Å². The number of anilines is 2. The molecule has 3 heterocycles. The van der Waals surface area contributed by atoms with Gasteiger partial charge in [0.25, 0.3) is 0 Å². The Hall–Kier alpha value is -2.37. The van der Waals surface area contributed by atoms with Crippen LogP contribution >= 0.6 is 34.9 Å². The van der Waals surface area contributed by atoms with Gasteiger partial charge in [-0.05, 0) is 31.2 Å². The first kappa shape index (κ1) is 21.8. The van der Waals surface area contributed by atoms with Gasteiger partial charge in [-0.1, -0.05) is 23.1 Å². The van der Waals surface area contributed by atoms with Crippen molar-refractivity contribution in [1.82, 2.24) is 15.0 Å². The fourth-order valence-electron chi connectivity index (χ4n) is 2.95. The monoisotopic (exact) mass is 475 g/mol. The van der Waals surface area contributed by atoms with E-state index in [0.29, 0.717) is 23.5 Å². The Balaban J connectivity index is 1.37. The van der Waals surface area contributed by atoms with E-state index in [1.807, 2.05) is 11.8 Å². The number of hydrogen-bond acceptors (Lipinski definition) is 10. The standard InChI is InChI=1S/C20H21N5O3S3/c1-2-28-19(27)13-3-5-14(6-4-13)23-15(26)11-30-18-16-17(21-12-22-18)24-20(31-16)25-7-9-29-10-8-25/h3-6,12H,2,7-11H2,1H3,(H,23,26). The van der Waals surface area contributed by atoms with E-state index in [1.165, 1.54) is 18.1 Å². The summed E-state index contributed by atoms with van der Waals surface area (Å²) in [5, 5.41) is 4.56. The lowest BCUT2D eigenvalue weighted by Gasteiger charge is -2.25. The van der Waals surface area contributed by atoms with E-state index in [9.17, 15) is 9.59 Å². The number of fused-ring (bicyclic) bond motifs is 1. The third kappa shape index (κ3) is 5.46. The van der Waals surface area contributed by atoms with Crippen molar-refractivity contribution in [2.45, 2.75) is 11.9 Å². The summed E-state index contributed by atoms with van der Waals surface area (Å²) >= 11 is 4.90. The molecule has 0 saturated carbocycles. The van der Waals surface area contributed by atoms with E-state index >= 15 is 0 Å². The Morgan fingerprint density at radius 1 is 1.19 bits per heavy atom. The molecule has 0 unspecified atom stereocenters. The molecule has 1 aliphatic heterocycles. The highest BCUT2D eigenvalue weighted by atomic mass is 32.2. The van der Waals surface area contributed by atoms with Gasteiger partial charge >= 0.3 is 5.97 Å². The molecule has 0 atom stereocenters. The maximum absolute atomic E-state index is 12.4. The van der Waals surface area contributed by atoms with Gasteiger partial charge in [0.15, 0.2) is 10.8 Å². The summed E-state index contributed by atoms with van der Waals surface area (Å²) in [4.78, 5) is 39.7. The molecule has 1 saturated heterocycles. The maximum Gasteiger partial charge on any atom is 0.338 e. The first-order valence-electron chi connectivity index (χ1n) is 9.78. The number of benzene rings is 1. The summed E-state index contributed by atoms with van der Waals surface area (Å²) in [6.45, 7) is 4.05. The van der Waals surface area contributed by atoms with Gasteiger partial charge in [-0.3, -0.25) is 4.79 Å². The molecule has 31 heavy (non-hydrogen) atoms. The molecule has 0 radical (unpaired) electrons. The fraction of sp³-hybridized carbons (Fsp3) is 0.350. The molecule has 8 nitrogen and oxygen atoms in total. The molecule has 3 aromatic rings. The number of nitrogens with one attached hydrogen (secondary N) is 1. The lowest BCUT2D eigenvalue weighted by Crippen LogP contribution is -2.32. The second-order valence-electron chi connectivity index (χ2n) is 6.56. The largest absolute Gasteiger partial charge is 0.462 e. The number of rotatable bonds is 7. The quantitative estimate of drug-likeness (QED) is 0.312. The van der Waals surface area contributed by atoms with Crippen molar-refractivity contribution >= 4 is 67.9 Å². The zero-order chi connectivity index (χ0) is 21.6. The van der Waals surface area contributed by atoms with Crippen LogP contribution in [0.4, 0.5) is 10.8 Å². The number of amides is 1. The number of carbonyl (C=O) groups excluding carboxylic acids is 2. The van der Waals surface area contributed by atoms with Crippen molar-refractivity contribution in [3.63, 3.8) is 0 Å². The second-order valence-corrected chi connectivity index (χ2v) is 9.73. The van der Waals surface area contributed by atoms with Crippen molar-refractivity contribution < 1.29 is 14.3 Å². The Morgan fingerprint density at radius 3 is 2.71 bits per heavy atom. The number of aromatic nitrogens is 3. The number of hydrogen-bond donors (Lipinski definition) is 1. The average Bonchev–Trinajstić information content (AvgIpc) is 3.24. The molecular formula is C20H21N5O3S3. The van der Waals surface area contributed by atoms with Crippen LogP contribution in [0.1, 0.15) is 17.3 Å². The van der Waals surface area contributed by atoms with Gasteiger partial charge in [0.2, 0.25) is 5.91 Å². The summed E-state index contributed by atoms with van der Waals surface area (Å²) in [5.74, 6) is 1.88. The van der Waals surface area contributed by atoms with E-state index in [4.69, 9.17) is 4.74 Å². The van der Waals surface area contributed by atoms with Crippen LogP contribution in [0, 0.1) is 0 Å². The predicted molar refractivity (Wildman–Crippen MR) is 127 cm³/mol. The summed E-state index contributed by atoms with van der Waals surface area (Å²) in [5.41, 5.74) is 1.74. The lowest BCUT2D eigenvalue weighted by molar-refractivity contribution is -0.113. The van der Waals surface area contributed by atoms with Crippen molar-refractivity contribution in [2.75, 3.05) is 47.2 Å². The number of thioether (sulfide) groups is 2. The number of nitrogens with zero attached hydrogens (tertiary/aromatic N) is 4. The van der Waals surface area contributed by atoms with Crippen LogP contribution in [-0.4, -0.2) is 63.8 Å². The minimum absolute atomic E-state index is 0.154. The van der Waals surface area contributed by atoms with E-state index in [-0.39, 0.29) is 17.6 Å². The van der Waals surface area contributed by atoms with Crippen LogP contribution in [0.15, 0.2) is 35.6 Å². The summed E-state index contributed by atoms with van der Waals surface area (Å²) in [6, 6.07) is 6.63. The van der Waals surface area contributed by atoms with Crippen LogP contribution in [0.3, 0.4) is 0 Å². The maximum atomic E-state index is 12.4. The summed E-state index contributed by atoms with van der Waals surface area (Å²) < 4.78 is 5.87. The van der Waals surface area contributed by atoms with Crippen LogP contribution in [0.2, 0.25) is 0 Å². The molecular weight excluding hydrogens is 454 g/mol. The Labute approximate surface area is 192 Å². The molecule has 2 aromatic heterocycles. The van der Waals surface area contributed by atoms with Crippen LogP contribution in [-0.2, 0) is 9.53 Å². The molecule has 1 N–H and O–H groups in total. The molecule has 1 fully saturated rings. The number of carbonyl (C=O) groups is 2. The number of thiazole rings is 1. The van der Waals surface area contributed by atoms with Gasteiger partial charge in [0.05, 0.1) is 17.9 Å². The zero-order valence-corrected chi connectivity index (χ0v) is 19.3. The van der Waals surface area contributed by atoms with Crippen molar-refractivity contribution in [1.29, 1.82) is 0 Å². The minimum Gasteiger partial charge on any atom is -0.462 e. The Kier molecular flexibility index (Phi) is 7.25.